The molecule has 2 aliphatic rings. The average molecular weight is 327 g/mol. The zero-order chi connectivity index (χ0) is 13.7. The second kappa shape index (κ2) is 8.54. The van der Waals surface area contributed by atoms with E-state index in [4.69, 9.17) is 4.74 Å². The Balaban J connectivity index is 0.00000200. The molecule has 2 rings (SSSR count). The number of halogens is 1. The van der Waals surface area contributed by atoms with Crippen molar-refractivity contribution in [1.29, 1.82) is 0 Å². The zero-order valence-electron chi connectivity index (χ0n) is 12.1. The molecule has 1 aliphatic heterocycles. The highest BCUT2D eigenvalue weighted by molar-refractivity contribution is 7.91. The lowest BCUT2D eigenvalue weighted by Gasteiger charge is -2.33. The van der Waals surface area contributed by atoms with Gasteiger partial charge in [0.05, 0.1) is 19.0 Å². The summed E-state index contributed by atoms with van der Waals surface area (Å²) in [6.07, 6.45) is 3.58. The van der Waals surface area contributed by atoms with Crippen molar-refractivity contribution in [2.75, 3.05) is 37.8 Å². The van der Waals surface area contributed by atoms with Crippen molar-refractivity contribution in [1.82, 2.24) is 10.6 Å². The molecule has 20 heavy (non-hydrogen) atoms. The fourth-order valence-electron chi connectivity index (χ4n) is 3.13. The lowest BCUT2D eigenvalue weighted by atomic mass is 9.94. The molecule has 0 spiro atoms. The summed E-state index contributed by atoms with van der Waals surface area (Å²) in [4.78, 5) is 0. The van der Waals surface area contributed by atoms with Crippen LogP contribution >= 0.6 is 12.4 Å². The molecule has 3 unspecified atom stereocenters. The van der Waals surface area contributed by atoms with Crippen molar-refractivity contribution in [2.45, 2.75) is 38.3 Å². The second-order valence-corrected chi connectivity index (χ2v) is 8.00. The molecule has 0 aromatic heterocycles. The summed E-state index contributed by atoms with van der Waals surface area (Å²) in [5.74, 6) is 1.06. The molecular weight excluding hydrogens is 300 g/mol. The van der Waals surface area contributed by atoms with Crippen molar-refractivity contribution in [3.05, 3.63) is 0 Å². The van der Waals surface area contributed by atoms with Crippen LogP contribution in [0.15, 0.2) is 0 Å². The highest BCUT2D eigenvalue weighted by Crippen LogP contribution is 2.29. The van der Waals surface area contributed by atoms with Crippen molar-refractivity contribution < 1.29 is 13.2 Å². The van der Waals surface area contributed by atoms with Crippen LogP contribution in [0.1, 0.15) is 26.2 Å². The maximum atomic E-state index is 11.5. The molecule has 1 aliphatic carbocycles. The van der Waals surface area contributed by atoms with Gasteiger partial charge in [-0.2, -0.15) is 0 Å². The highest BCUT2D eigenvalue weighted by Gasteiger charge is 2.34. The second-order valence-electron chi connectivity index (χ2n) is 5.53. The van der Waals surface area contributed by atoms with Crippen LogP contribution in [0.2, 0.25) is 0 Å². The first kappa shape index (κ1) is 18.2. The van der Waals surface area contributed by atoms with Gasteiger partial charge in [0, 0.05) is 30.9 Å². The molecular formula is C13H27ClN2O3S. The van der Waals surface area contributed by atoms with Crippen LogP contribution in [-0.2, 0) is 14.6 Å². The van der Waals surface area contributed by atoms with E-state index < -0.39 is 9.84 Å². The van der Waals surface area contributed by atoms with Crippen LogP contribution in [0.25, 0.3) is 0 Å². The summed E-state index contributed by atoms with van der Waals surface area (Å²) in [7, 11) is -2.86. The first-order valence-corrected chi connectivity index (χ1v) is 9.19. The summed E-state index contributed by atoms with van der Waals surface area (Å²) in [6.45, 7) is 4.80. The molecule has 1 heterocycles. The molecule has 0 amide bonds. The van der Waals surface area contributed by atoms with E-state index in [1.165, 1.54) is 12.8 Å². The van der Waals surface area contributed by atoms with E-state index in [1.807, 2.05) is 0 Å². The first-order chi connectivity index (χ1) is 9.12. The smallest absolute Gasteiger partial charge is 0.151 e. The van der Waals surface area contributed by atoms with Gasteiger partial charge >= 0.3 is 0 Å². The van der Waals surface area contributed by atoms with Crippen molar-refractivity contribution in [3.8, 4) is 0 Å². The molecule has 0 radical (unpaired) electrons. The minimum atomic E-state index is -2.86. The third-order valence-electron chi connectivity index (χ3n) is 4.30. The van der Waals surface area contributed by atoms with Crippen LogP contribution in [0.5, 0.6) is 0 Å². The number of rotatable bonds is 6. The largest absolute Gasteiger partial charge is 0.379 e. The van der Waals surface area contributed by atoms with Gasteiger partial charge in [-0.15, -0.1) is 12.4 Å². The Morgan fingerprint density at radius 2 is 2.15 bits per heavy atom. The van der Waals surface area contributed by atoms with Gasteiger partial charge in [0.1, 0.15) is 0 Å². The van der Waals surface area contributed by atoms with Crippen LogP contribution in [0, 0.1) is 5.92 Å². The van der Waals surface area contributed by atoms with Crippen molar-refractivity contribution in [2.24, 2.45) is 5.92 Å². The van der Waals surface area contributed by atoms with Crippen LogP contribution in [-0.4, -0.2) is 58.3 Å². The Labute approximate surface area is 128 Å². The summed E-state index contributed by atoms with van der Waals surface area (Å²) < 4.78 is 28.5. The molecule has 5 nitrogen and oxygen atoms in total. The van der Waals surface area contributed by atoms with Gasteiger partial charge in [0.25, 0.3) is 0 Å². The predicted octanol–water partition coefficient (Wildman–Crippen LogP) is 0.590. The number of nitrogens with one attached hydrogen (secondary N) is 2. The number of morpholine rings is 1. The third-order valence-corrected chi connectivity index (χ3v) is 6.00. The molecule has 1 saturated heterocycles. The maximum Gasteiger partial charge on any atom is 0.151 e. The Kier molecular flexibility index (Phi) is 7.75. The quantitative estimate of drug-likeness (QED) is 0.748. The fourth-order valence-corrected chi connectivity index (χ4v) is 3.85. The van der Waals surface area contributed by atoms with Gasteiger partial charge in [0.15, 0.2) is 9.84 Å². The van der Waals surface area contributed by atoms with E-state index in [0.717, 1.165) is 26.2 Å². The Bertz CT molecular complexity index is 372. The average Bonchev–Trinajstić information content (AvgIpc) is 2.88. The zero-order valence-corrected chi connectivity index (χ0v) is 13.8. The molecule has 0 bridgehead atoms. The molecule has 1 saturated carbocycles. The van der Waals surface area contributed by atoms with Crippen LogP contribution < -0.4 is 10.6 Å². The SMILES string of the molecule is CCS(=O)(=O)CCNC1CCCC1C1COCCN1.Cl. The van der Waals surface area contributed by atoms with Crippen molar-refractivity contribution in [3.63, 3.8) is 0 Å². The number of hydrogen-bond donors (Lipinski definition) is 2. The lowest BCUT2D eigenvalue weighted by molar-refractivity contribution is 0.0527. The monoisotopic (exact) mass is 326 g/mol. The topological polar surface area (TPSA) is 67.4 Å². The Morgan fingerprint density at radius 1 is 1.35 bits per heavy atom. The minimum Gasteiger partial charge on any atom is -0.379 e. The molecule has 2 fully saturated rings. The van der Waals surface area contributed by atoms with E-state index in [0.29, 0.717) is 24.5 Å². The van der Waals surface area contributed by atoms with E-state index in [1.54, 1.807) is 6.92 Å². The molecule has 0 aromatic rings. The number of sulfone groups is 1. The Hall–Kier alpha value is 0.120. The molecule has 3 atom stereocenters. The van der Waals surface area contributed by atoms with Crippen LogP contribution in [0.3, 0.4) is 0 Å². The van der Waals surface area contributed by atoms with Crippen LogP contribution in [0.4, 0.5) is 0 Å². The van der Waals surface area contributed by atoms with Gasteiger partial charge in [-0.05, 0) is 18.8 Å². The Morgan fingerprint density at radius 3 is 2.80 bits per heavy atom. The normalized spacial score (nSPS) is 30.9. The van der Waals surface area contributed by atoms with Gasteiger partial charge in [0.2, 0.25) is 0 Å². The molecule has 120 valence electrons. The maximum absolute atomic E-state index is 11.5. The minimum absolute atomic E-state index is 0. The molecule has 2 N–H and O–H groups in total. The summed E-state index contributed by atoms with van der Waals surface area (Å²) in [5.41, 5.74) is 0. The highest BCUT2D eigenvalue weighted by atomic mass is 35.5. The van der Waals surface area contributed by atoms with E-state index >= 15 is 0 Å². The van der Waals surface area contributed by atoms with Gasteiger partial charge in [-0.25, -0.2) is 8.42 Å². The van der Waals surface area contributed by atoms with Gasteiger partial charge in [-0.3, -0.25) is 0 Å². The standard InChI is InChI=1S/C13H26N2O3S.ClH/c1-2-19(16,17)9-7-15-12-5-3-4-11(12)13-10-18-8-6-14-13;/h11-15H,2-10H2,1H3;1H. The summed E-state index contributed by atoms with van der Waals surface area (Å²) in [6, 6.07) is 0.864. The van der Waals surface area contributed by atoms with E-state index in [2.05, 4.69) is 10.6 Å². The third kappa shape index (κ3) is 5.15. The van der Waals surface area contributed by atoms with E-state index in [-0.39, 0.29) is 23.9 Å². The summed E-state index contributed by atoms with van der Waals surface area (Å²) in [5, 5.41) is 6.97. The van der Waals surface area contributed by atoms with Crippen molar-refractivity contribution >= 4 is 22.2 Å². The number of ether oxygens (including phenoxy) is 1. The summed E-state index contributed by atoms with van der Waals surface area (Å²) >= 11 is 0. The lowest BCUT2D eigenvalue weighted by Crippen LogP contribution is -2.51. The molecule has 7 heteroatoms. The van der Waals surface area contributed by atoms with Gasteiger partial charge < -0.3 is 15.4 Å². The fraction of sp³-hybridized carbons (Fsp3) is 1.00. The van der Waals surface area contributed by atoms with E-state index in [9.17, 15) is 8.42 Å². The predicted molar refractivity (Wildman–Crippen MR) is 83.3 cm³/mol. The molecule has 0 aromatic carbocycles. The number of hydrogen-bond acceptors (Lipinski definition) is 5. The van der Waals surface area contributed by atoms with Gasteiger partial charge in [-0.1, -0.05) is 13.3 Å². The first-order valence-electron chi connectivity index (χ1n) is 7.37.